The van der Waals surface area contributed by atoms with Crippen molar-refractivity contribution in [1.82, 2.24) is 10.6 Å². The topological polar surface area (TPSA) is 70.6 Å². The molecule has 25 heavy (non-hydrogen) atoms. The van der Waals surface area contributed by atoms with Crippen molar-refractivity contribution in [3.63, 3.8) is 0 Å². The molecule has 0 fully saturated rings. The number of guanidine groups is 1. The third kappa shape index (κ3) is 12.1. The summed E-state index contributed by atoms with van der Waals surface area (Å²) in [5, 5.41) is 6.21. The molecule has 0 atom stereocenters. The molecule has 0 heterocycles. The number of halogens is 2. The van der Waals surface area contributed by atoms with E-state index in [9.17, 15) is 8.42 Å². The van der Waals surface area contributed by atoms with Crippen molar-refractivity contribution in [1.29, 1.82) is 0 Å². The fourth-order valence-electron chi connectivity index (χ4n) is 1.82. The van der Waals surface area contributed by atoms with Gasteiger partial charge < -0.3 is 10.6 Å². The predicted octanol–water partition coefficient (Wildman–Crippen LogP) is 3.54. The number of nitrogens with zero attached hydrogens (tertiary/aromatic N) is 1. The summed E-state index contributed by atoms with van der Waals surface area (Å²) in [6.07, 6.45) is 1.23. The lowest BCUT2D eigenvalue weighted by molar-refractivity contribution is 0.600. The molecule has 1 aromatic rings. The summed E-state index contributed by atoms with van der Waals surface area (Å²) in [4.78, 5) is 5.78. The molecular weight excluding hydrogens is 537 g/mol. The lowest BCUT2D eigenvalue weighted by atomic mass is 10.2. The van der Waals surface area contributed by atoms with Crippen LogP contribution in [0.25, 0.3) is 0 Å². The zero-order chi connectivity index (χ0) is 18.2. The average molecular weight is 564 g/mol. The molecule has 1 aromatic carbocycles. The second kappa shape index (κ2) is 11.7. The summed E-state index contributed by atoms with van der Waals surface area (Å²) in [5.41, 5.74) is 0. The van der Waals surface area contributed by atoms with E-state index in [0.717, 1.165) is 11.0 Å². The van der Waals surface area contributed by atoms with Crippen LogP contribution in [0.2, 0.25) is 0 Å². The molecule has 0 spiro atoms. The number of thioether (sulfide) groups is 1. The van der Waals surface area contributed by atoms with Crippen molar-refractivity contribution < 1.29 is 8.42 Å². The van der Waals surface area contributed by atoms with Crippen LogP contribution in [-0.2, 0) is 9.84 Å². The van der Waals surface area contributed by atoms with Gasteiger partial charge in [0.25, 0.3) is 0 Å². The SMILES string of the molecule is CCNC(=NCC(C)(C)Sc1ccc(Br)cc1)NCCS(C)(=O)=O.I. The van der Waals surface area contributed by atoms with Crippen LogP contribution in [0, 0.1) is 0 Å². The van der Waals surface area contributed by atoms with E-state index in [1.807, 2.05) is 19.1 Å². The number of benzene rings is 1. The van der Waals surface area contributed by atoms with Gasteiger partial charge in [-0.2, -0.15) is 0 Å². The van der Waals surface area contributed by atoms with Crippen LogP contribution in [-0.4, -0.2) is 50.8 Å². The fourth-order valence-corrected chi connectivity index (χ4v) is 3.60. The van der Waals surface area contributed by atoms with Crippen LogP contribution in [0.4, 0.5) is 0 Å². The Labute approximate surface area is 181 Å². The Morgan fingerprint density at radius 2 is 1.84 bits per heavy atom. The molecule has 0 unspecified atom stereocenters. The minimum absolute atomic E-state index is 0. The van der Waals surface area contributed by atoms with Gasteiger partial charge in [-0.1, -0.05) is 15.9 Å². The van der Waals surface area contributed by atoms with Crippen molar-refractivity contribution in [2.75, 3.05) is 31.6 Å². The van der Waals surface area contributed by atoms with Gasteiger partial charge in [0, 0.05) is 33.5 Å². The molecule has 0 amide bonds. The summed E-state index contributed by atoms with van der Waals surface area (Å²) in [6.45, 7) is 7.96. The third-order valence-electron chi connectivity index (χ3n) is 2.94. The van der Waals surface area contributed by atoms with Gasteiger partial charge in [0.05, 0.1) is 12.3 Å². The lowest BCUT2D eigenvalue weighted by Gasteiger charge is -2.22. The molecule has 0 aliphatic carbocycles. The minimum atomic E-state index is -2.98. The van der Waals surface area contributed by atoms with Gasteiger partial charge in [-0.3, -0.25) is 4.99 Å². The first-order valence-electron chi connectivity index (χ1n) is 7.76. The fraction of sp³-hybridized carbons (Fsp3) is 0.562. The zero-order valence-electron chi connectivity index (χ0n) is 15.0. The quantitative estimate of drug-likeness (QED) is 0.219. The van der Waals surface area contributed by atoms with Gasteiger partial charge >= 0.3 is 0 Å². The van der Waals surface area contributed by atoms with E-state index in [1.165, 1.54) is 11.2 Å². The van der Waals surface area contributed by atoms with Crippen molar-refractivity contribution in [3.05, 3.63) is 28.7 Å². The number of rotatable bonds is 8. The van der Waals surface area contributed by atoms with Crippen molar-refractivity contribution in [2.45, 2.75) is 30.4 Å². The van der Waals surface area contributed by atoms with Gasteiger partial charge in [0.2, 0.25) is 0 Å². The molecule has 9 heteroatoms. The van der Waals surface area contributed by atoms with Crippen LogP contribution >= 0.6 is 51.7 Å². The summed E-state index contributed by atoms with van der Waals surface area (Å²) in [7, 11) is -2.98. The van der Waals surface area contributed by atoms with Gasteiger partial charge in [0.15, 0.2) is 5.96 Å². The summed E-state index contributed by atoms with van der Waals surface area (Å²) >= 11 is 5.20. The minimum Gasteiger partial charge on any atom is -0.357 e. The predicted molar refractivity (Wildman–Crippen MR) is 123 cm³/mol. The third-order valence-corrected chi connectivity index (χ3v) is 5.60. The van der Waals surface area contributed by atoms with Crippen LogP contribution in [0.3, 0.4) is 0 Å². The maximum Gasteiger partial charge on any atom is 0.191 e. The Hall–Kier alpha value is -0.000000000000000222. The van der Waals surface area contributed by atoms with Gasteiger partial charge in [-0.15, -0.1) is 35.7 Å². The average Bonchev–Trinajstić information content (AvgIpc) is 2.46. The Morgan fingerprint density at radius 1 is 1.24 bits per heavy atom. The van der Waals surface area contributed by atoms with E-state index < -0.39 is 9.84 Å². The monoisotopic (exact) mass is 563 g/mol. The molecule has 0 bridgehead atoms. The first-order valence-corrected chi connectivity index (χ1v) is 11.4. The number of sulfone groups is 1. The number of hydrogen-bond acceptors (Lipinski definition) is 4. The molecule has 5 nitrogen and oxygen atoms in total. The smallest absolute Gasteiger partial charge is 0.191 e. The van der Waals surface area contributed by atoms with Gasteiger partial charge in [0.1, 0.15) is 9.84 Å². The Morgan fingerprint density at radius 3 is 2.36 bits per heavy atom. The normalized spacial score (nSPS) is 12.4. The van der Waals surface area contributed by atoms with E-state index in [2.05, 4.69) is 57.5 Å². The molecule has 0 aliphatic heterocycles. The van der Waals surface area contributed by atoms with E-state index in [1.54, 1.807) is 11.8 Å². The molecular formula is C16H27BrIN3O2S2. The van der Waals surface area contributed by atoms with Crippen LogP contribution < -0.4 is 10.6 Å². The molecule has 1 rings (SSSR count). The zero-order valence-corrected chi connectivity index (χ0v) is 20.6. The highest BCUT2D eigenvalue weighted by Crippen LogP contribution is 2.33. The molecule has 0 aromatic heterocycles. The number of nitrogens with one attached hydrogen (secondary N) is 2. The van der Waals surface area contributed by atoms with Crippen molar-refractivity contribution in [2.24, 2.45) is 4.99 Å². The van der Waals surface area contributed by atoms with Crippen molar-refractivity contribution in [3.8, 4) is 0 Å². The second-order valence-electron chi connectivity index (χ2n) is 6.07. The first-order chi connectivity index (χ1) is 11.1. The molecule has 2 N–H and O–H groups in total. The number of hydrogen-bond donors (Lipinski definition) is 2. The maximum absolute atomic E-state index is 11.2. The van der Waals surface area contributed by atoms with Crippen LogP contribution in [0.5, 0.6) is 0 Å². The summed E-state index contributed by atoms with van der Waals surface area (Å²) in [6, 6.07) is 8.21. The molecule has 0 radical (unpaired) electrons. The Kier molecular flexibility index (Phi) is 11.7. The van der Waals surface area contributed by atoms with E-state index >= 15 is 0 Å². The second-order valence-corrected chi connectivity index (χ2v) is 11.0. The largest absolute Gasteiger partial charge is 0.357 e. The van der Waals surface area contributed by atoms with Crippen LogP contribution in [0.15, 0.2) is 38.6 Å². The lowest BCUT2D eigenvalue weighted by Crippen LogP contribution is -2.40. The molecule has 144 valence electrons. The highest BCUT2D eigenvalue weighted by atomic mass is 127. The molecule has 0 saturated carbocycles. The Balaban J connectivity index is 0.00000576. The van der Waals surface area contributed by atoms with E-state index in [4.69, 9.17) is 0 Å². The molecule has 0 aliphatic rings. The summed E-state index contributed by atoms with van der Waals surface area (Å²) < 4.78 is 23.4. The van der Waals surface area contributed by atoms with Crippen LogP contribution in [0.1, 0.15) is 20.8 Å². The molecule has 0 saturated heterocycles. The summed E-state index contributed by atoms with van der Waals surface area (Å²) in [5.74, 6) is 0.736. The highest BCUT2D eigenvalue weighted by molar-refractivity contribution is 14.0. The van der Waals surface area contributed by atoms with E-state index in [-0.39, 0.29) is 34.5 Å². The first kappa shape index (κ1) is 25.0. The van der Waals surface area contributed by atoms with E-state index in [0.29, 0.717) is 19.0 Å². The van der Waals surface area contributed by atoms with Gasteiger partial charge in [-0.05, 0) is 45.0 Å². The maximum atomic E-state index is 11.2. The Bertz CT molecular complexity index is 650. The standard InChI is InChI=1S/C16H26BrN3O2S2.HI/c1-5-18-15(19-10-11-24(4,21)22)20-12-16(2,3)23-14-8-6-13(17)7-9-14;/h6-9H,5,10-12H2,1-4H3,(H2,18,19,20);1H. The van der Waals surface area contributed by atoms with Crippen molar-refractivity contribution >= 4 is 67.5 Å². The van der Waals surface area contributed by atoms with Gasteiger partial charge in [-0.25, -0.2) is 8.42 Å². The highest BCUT2D eigenvalue weighted by Gasteiger charge is 2.19. The number of aliphatic imine (C=N–C) groups is 1.